The molecular formula is C20H29N3O4. The lowest BCUT2D eigenvalue weighted by atomic mass is 10.1. The predicted octanol–water partition coefficient (Wildman–Crippen LogP) is 2.05. The Labute approximate surface area is 160 Å². The maximum atomic E-state index is 12.4. The Bertz CT molecular complexity index is 743. The minimum Gasteiger partial charge on any atom is -0.462 e. The molecular weight excluding hydrogens is 346 g/mol. The van der Waals surface area contributed by atoms with Crippen molar-refractivity contribution in [3.8, 4) is 0 Å². The number of rotatable bonds is 7. The first kappa shape index (κ1) is 20.7. The quantitative estimate of drug-likeness (QED) is 0.584. The number of carbonyl (C=O) groups is 3. The number of ether oxygens (including phenoxy) is 1. The molecule has 1 N–H and O–H groups in total. The van der Waals surface area contributed by atoms with Gasteiger partial charge in [-0.1, -0.05) is 0 Å². The summed E-state index contributed by atoms with van der Waals surface area (Å²) in [5.74, 6) is -0.821. The van der Waals surface area contributed by atoms with Crippen LogP contribution < -0.4 is 5.32 Å². The number of hydrogen-bond acceptors (Lipinski definition) is 4. The van der Waals surface area contributed by atoms with Gasteiger partial charge in [0.15, 0.2) is 0 Å². The van der Waals surface area contributed by atoms with Crippen LogP contribution in [0.3, 0.4) is 0 Å². The van der Waals surface area contributed by atoms with Gasteiger partial charge < -0.3 is 19.5 Å². The molecule has 0 unspecified atom stereocenters. The molecule has 0 atom stereocenters. The van der Waals surface area contributed by atoms with Gasteiger partial charge >= 0.3 is 5.97 Å². The van der Waals surface area contributed by atoms with Crippen LogP contribution in [-0.2, 0) is 20.9 Å². The molecule has 0 spiro atoms. The Balaban J connectivity index is 2.11. The number of nitrogens with zero attached hydrogens (tertiary/aromatic N) is 2. The number of nitrogens with one attached hydrogen (secondary N) is 1. The maximum absolute atomic E-state index is 12.4. The number of esters is 1. The van der Waals surface area contributed by atoms with Crippen molar-refractivity contribution in [2.45, 2.75) is 47.1 Å². The van der Waals surface area contributed by atoms with Crippen LogP contribution in [0.1, 0.15) is 54.0 Å². The zero-order valence-corrected chi connectivity index (χ0v) is 16.6. The van der Waals surface area contributed by atoms with Crippen molar-refractivity contribution in [3.05, 3.63) is 28.6 Å². The summed E-state index contributed by atoms with van der Waals surface area (Å²) in [6.07, 6.45) is 5.02. The van der Waals surface area contributed by atoms with Crippen LogP contribution >= 0.6 is 0 Å². The summed E-state index contributed by atoms with van der Waals surface area (Å²) in [5.41, 5.74) is 2.87. The van der Waals surface area contributed by atoms with E-state index in [-0.39, 0.29) is 25.0 Å². The Morgan fingerprint density at radius 1 is 1.11 bits per heavy atom. The third-order valence-electron chi connectivity index (χ3n) is 4.90. The molecule has 1 aromatic rings. The van der Waals surface area contributed by atoms with Crippen molar-refractivity contribution in [1.82, 2.24) is 14.8 Å². The number of aromatic nitrogens is 1. The van der Waals surface area contributed by atoms with E-state index in [2.05, 4.69) is 5.32 Å². The van der Waals surface area contributed by atoms with Crippen LogP contribution in [0, 0.1) is 13.8 Å². The Hall–Kier alpha value is -2.57. The number of likely N-dealkylation sites (tertiary alicyclic amines) is 1. The van der Waals surface area contributed by atoms with Gasteiger partial charge in [0.2, 0.25) is 11.8 Å². The Morgan fingerprint density at radius 2 is 1.78 bits per heavy atom. The third-order valence-corrected chi connectivity index (χ3v) is 4.90. The highest BCUT2D eigenvalue weighted by molar-refractivity contribution is 5.99. The van der Waals surface area contributed by atoms with E-state index in [1.165, 1.54) is 6.08 Å². The molecule has 1 fully saturated rings. The van der Waals surface area contributed by atoms with Gasteiger partial charge in [0.25, 0.3) is 0 Å². The van der Waals surface area contributed by atoms with E-state index >= 15 is 0 Å². The van der Waals surface area contributed by atoms with Crippen molar-refractivity contribution >= 4 is 23.9 Å². The highest BCUT2D eigenvalue weighted by Crippen LogP contribution is 2.24. The van der Waals surface area contributed by atoms with E-state index < -0.39 is 5.97 Å². The fraction of sp³-hybridized carbons (Fsp3) is 0.550. The lowest BCUT2D eigenvalue weighted by molar-refractivity contribution is -0.131. The SMILES string of the molecule is CCOC(=O)c1c(/C=C/C(=O)NCC(=O)N2CCCC2)c(C)n(CC)c1C. The second-order valence-corrected chi connectivity index (χ2v) is 6.56. The van der Waals surface area contributed by atoms with Gasteiger partial charge in [-0.05, 0) is 46.6 Å². The lowest BCUT2D eigenvalue weighted by Crippen LogP contribution is -2.38. The molecule has 0 bridgehead atoms. The molecule has 2 heterocycles. The normalized spacial score (nSPS) is 14.0. The fourth-order valence-electron chi connectivity index (χ4n) is 3.51. The number of carbonyl (C=O) groups excluding carboxylic acids is 3. The van der Waals surface area contributed by atoms with E-state index in [9.17, 15) is 14.4 Å². The van der Waals surface area contributed by atoms with Gasteiger partial charge in [0.05, 0.1) is 18.7 Å². The summed E-state index contributed by atoms with van der Waals surface area (Å²) < 4.78 is 7.18. The summed E-state index contributed by atoms with van der Waals surface area (Å²) in [6.45, 7) is 10.1. The van der Waals surface area contributed by atoms with Crippen LogP contribution in [0.4, 0.5) is 0 Å². The summed E-state index contributed by atoms with van der Waals surface area (Å²) in [7, 11) is 0. The topological polar surface area (TPSA) is 80.6 Å². The predicted molar refractivity (Wildman–Crippen MR) is 103 cm³/mol. The van der Waals surface area contributed by atoms with E-state index in [0.29, 0.717) is 17.7 Å². The minimum atomic E-state index is -0.394. The Kier molecular flexibility index (Phi) is 7.21. The molecule has 2 rings (SSSR count). The largest absolute Gasteiger partial charge is 0.462 e. The van der Waals surface area contributed by atoms with Crippen LogP contribution in [0.25, 0.3) is 6.08 Å². The first-order chi connectivity index (χ1) is 12.9. The fourth-order valence-corrected chi connectivity index (χ4v) is 3.51. The maximum Gasteiger partial charge on any atom is 0.340 e. The molecule has 0 radical (unpaired) electrons. The van der Waals surface area contributed by atoms with Crippen molar-refractivity contribution in [2.24, 2.45) is 0 Å². The highest BCUT2D eigenvalue weighted by Gasteiger charge is 2.22. The molecule has 0 aliphatic carbocycles. The van der Waals surface area contributed by atoms with Crippen molar-refractivity contribution < 1.29 is 19.1 Å². The molecule has 1 saturated heterocycles. The van der Waals surface area contributed by atoms with Crippen LogP contribution in [0.5, 0.6) is 0 Å². The van der Waals surface area contributed by atoms with Gasteiger partial charge in [-0.25, -0.2) is 4.79 Å². The molecule has 27 heavy (non-hydrogen) atoms. The zero-order chi connectivity index (χ0) is 20.0. The molecule has 1 aliphatic heterocycles. The van der Waals surface area contributed by atoms with E-state index in [1.54, 1.807) is 17.9 Å². The second-order valence-electron chi connectivity index (χ2n) is 6.56. The molecule has 7 nitrogen and oxygen atoms in total. The molecule has 1 aromatic heterocycles. The van der Waals surface area contributed by atoms with Crippen molar-refractivity contribution in [1.29, 1.82) is 0 Å². The molecule has 2 amide bonds. The number of hydrogen-bond donors (Lipinski definition) is 1. The smallest absolute Gasteiger partial charge is 0.340 e. The molecule has 148 valence electrons. The van der Waals surface area contributed by atoms with Crippen molar-refractivity contribution in [2.75, 3.05) is 26.2 Å². The van der Waals surface area contributed by atoms with Gasteiger partial charge in [-0.3, -0.25) is 9.59 Å². The summed E-state index contributed by atoms with van der Waals surface area (Å²) in [4.78, 5) is 38.2. The molecule has 7 heteroatoms. The highest BCUT2D eigenvalue weighted by atomic mass is 16.5. The molecule has 0 saturated carbocycles. The monoisotopic (exact) mass is 375 g/mol. The van der Waals surface area contributed by atoms with Gasteiger partial charge in [0, 0.05) is 42.7 Å². The van der Waals surface area contributed by atoms with Gasteiger partial charge in [-0.2, -0.15) is 0 Å². The van der Waals surface area contributed by atoms with Gasteiger partial charge in [-0.15, -0.1) is 0 Å². The van der Waals surface area contributed by atoms with Crippen molar-refractivity contribution in [3.63, 3.8) is 0 Å². The first-order valence-electron chi connectivity index (χ1n) is 9.51. The minimum absolute atomic E-state index is 0.0120. The van der Waals surface area contributed by atoms with Crippen LogP contribution in [-0.4, -0.2) is 53.5 Å². The summed E-state index contributed by atoms with van der Waals surface area (Å²) in [6, 6.07) is 0. The lowest BCUT2D eigenvalue weighted by Gasteiger charge is -2.14. The molecule has 0 aromatic carbocycles. The second kappa shape index (κ2) is 9.39. The number of amides is 2. The molecule has 1 aliphatic rings. The summed E-state index contributed by atoms with van der Waals surface area (Å²) in [5, 5.41) is 2.62. The van der Waals surface area contributed by atoms with Crippen LogP contribution in [0.2, 0.25) is 0 Å². The van der Waals surface area contributed by atoms with E-state index in [1.807, 2.05) is 25.3 Å². The third kappa shape index (κ3) is 4.78. The van der Waals surface area contributed by atoms with Crippen LogP contribution in [0.15, 0.2) is 6.08 Å². The van der Waals surface area contributed by atoms with Gasteiger partial charge in [0.1, 0.15) is 0 Å². The van der Waals surface area contributed by atoms with E-state index in [0.717, 1.165) is 37.3 Å². The zero-order valence-electron chi connectivity index (χ0n) is 16.6. The standard InChI is InChI=1S/C20H29N3O4/c1-5-23-14(3)16(19(15(23)4)20(26)27-6-2)9-10-17(24)21-13-18(25)22-11-7-8-12-22/h9-10H,5-8,11-13H2,1-4H3,(H,21,24)/b10-9+. The Morgan fingerprint density at radius 3 is 2.37 bits per heavy atom. The summed E-state index contributed by atoms with van der Waals surface area (Å²) >= 11 is 0. The van der Waals surface area contributed by atoms with E-state index in [4.69, 9.17) is 4.74 Å². The average Bonchev–Trinajstić information content (AvgIpc) is 3.25. The average molecular weight is 375 g/mol. The first-order valence-corrected chi connectivity index (χ1v) is 9.51.